The minimum atomic E-state index is -0.856. The molecule has 10 atom stereocenters. The van der Waals surface area contributed by atoms with Crippen LogP contribution in [0.15, 0.2) is 11.6 Å². The largest absolute Gasteiger partial charge is 0.468 e. The van der Waals surface area contributed by atoms with Crippen LogP contribution in [0.4, 0.5) is 0 Å². The Morgan fingerprint density at radius 1 is 0.944 bits per heavy atom. The Labute approximate surface area is 217 Å². The normalized spacial score (nSPS) is 53.6. The van der Waals surface area contributed by atoms with E-state index in [1.165, 1.54) is 12.7 Å². The Morgan fingerprint density at radius 3 is 2.28 bits per heavy atom. The van der Waals surface area contributed by atoms with Crippen molar-refractivity contribution in [3.63, 3.8) is 0 Å². The summed E-state index contributed by atoms with van der Waals surface area (Å²) in [6, 6.07) is 0. The molecular formula is C31H48O5. The topological polar surface area (TPSA) is 83.8 Å². The van der Waals surface area contributed by atoms with Crippen molar-refractivity contribution in [2.75, 3.05) is 7.11 Å². The highest BCUT2D eigenvalue weighted by Gasteiger charge is 2.71. The smallest absolute Gasteiger partial charge is 0.315 e. The zero-order valence-corrected chi connectivity index (χ0v) is 23.5. The third kappa shape index (κ3) is 3.02. The van der Waals surface area contributed by atoms with Gasteiger partial charge in [0, 0.05) is 0 Å². The summed E-state index contributed by atoms with van der Waals surface area (Å²) in [5.41, 5.74) is -0.426. The number of aliphatic hydroxyl groups excluding tert-OH is 2. The van der Waals surface area contributed by atoms with Crippen molar-refractivity contribution in [1.29, 1.82) is 0 Å². The van der Waals surface area contributed by atoms with Gasteiger partial charge in [-0.25, -0.2) is 0 Å². The van der Waals surface area contributed by atoms with Gasteiger partial charge in [0.25, 0.3) is 0 Å². The highest BCUT2D eigenvalue weighted by atomic mass is 16.5. The predicted molar refractivity (Wildman–Crippen MR) is 139 cm³/mol. The maximum absolute atomic E-state index is 13.4. The second-order valence-electron chi connectivity index (χ2n) is 15.0. The predicted octanol–water partition coefficient (Wildman–Crippen LogP) is 5.47. The minimum absolute atomic E-state index is 0.0147. The molecule has 4 fully saturated rings. The number of aliphatic hydroxyl groups is 2. The molecule has 0 aromatic heterocycles. The van der Waals surface area contributed by atoms with E-state index >= 15 is 0 Å². The van der Waals surface area contributed by atoms with Crippen LogP contribution < -0.4 is 0 Å². The van der Waals surface area contributed by atoms with Crippen LogP contribution in [-0.2, 0) is 14.3 Å². The molecule has 0 aromatic carbocycles. The van der Waals surface area contributed by atoms with Crippen molar-refractivity contribution < 1.29 is 24.5 Å². The van der Waals surface area contributed by atoms with Crippen LogP contribution in [0.25, 0.3) is 0 Å². The molecule has 2 N–H and O–H groups in total. The molecule has 5 unspecified atom stereocenters. The number of aldehydes is 1. The highest BCUT2D eigenvalue weighted by molar-refractivity contribution is 5.79. The number of allylic oxidation sites excluding steroid dienone is 2. The van der Waals surface area contributed by atoms with Crippen LogP contribution in [0.2, 0.25) is 0 Å². The molecule has 0 spiro atoms. The first-order valence-electron chi connectivity index (χ1n) is 14.3. The lowest BCUT2D eigenvalue weighted by Crippen LogP contribution is -2.68. The van der Waals surface area contributed by atoms with Gasteiger partial charge in [0.1, 0.15) is 11.7 Å². The Bertz CT molecular complexity index is 985. The van der Waals surface area contributed by atoms with Crippen LogP contribution in [0, 0.1) is 50.2 Å². The molecule has 4 saturated carbocycles. The minimum Gasteiger partial charge on any atom is -0.468 e. The van der Waals surface area contributed by atoms with E-state index in [1.54, 1.807) is 0 Å². The van der Waals surface area contributed by atoms with Gasteiger partial charge in [-0.3, -0.25) is 4.79 Å². The number of hydrogen-bond donors (Lipinski definition) is 2. The van der Waals surface area contributed by atoms with Crippen molar-refractivity contribution in [2.45, 2.75) is 112 Å². The average molecular weight is 501 g/mol. The van der Waals surface area contributed by atoms with Crippen molar-refractivity contribution in [3.05, 3.63) is 11.6 Å². The van der Waals surface area contributed by atoms with Crippen LogP contribution in [0.1, 0.15) is 99.3 Å². The van der Waals surface area contributed by atoms with Crippen LogP contribution >= 0.6 is 0 Å². The van der Waals surface area contributed by atoms with Crippen molar-refractivity contribution in [2.24, 2.45) is 50.2 Å². The van der Waals surface area contributed by atoms with Crippen molar-refractivity contribution in [3.8, 4) is 0 Å². The molecule has 5 nitrogen and oxygen atoms in total. The summed E-state index contributed by atoms with van der Waals surface area (Å²) in [5, 5.41) is 22.8. The summed E-state index contributed by atoms with van der Waals surface area (Å²) in [5.74, 6) is 0.251. The van der Waals surface area contributed by atoms with Crippen molar-refractivity contribution >= 4 is 12.3 Å². The van der Waals surface area contributed by atoms with Gasteiger partial charge in [-0.15, -0.1) is 0 Å². The molecule has 0 amide bonds. The molecular weight excluding hydrogens is 452 g/mol. The number of rotatable bonds is 2. The van der Waals surface area contributed by atoms with Gasteiger partial charge >= 0.3 is 5.97 Å². The van der Waals surface area contributed by atoms with Crippen molar-refractivity contribution in [1.82, 2.24) is 0 Å². The molecule has 5 rings (SSSR count). The number of hydrogen-bond acceptors (Lipinski definition) is 5. The summed E-state index contributed by atoms with van der Waals surface area (Å²) < 4.78 is 5.38. The Balaban J connectivity index is 1.63. The SMILES string of the molecule is COC(=O)[C@]12CCC(C)(C)CC1C1=CCC3C4(C)CC[C@H](O)[C@](C)(C=O)[C@@H]4CCC3(C)[C@]1(C)CC2O. The van der Waals surface area contributed by atoms with E-state index in [4.69, 9.17) is 4.74 Å². The van der Waals surface area contributed by atoms with E-state index < -0.39 is 23.0 Å². The van der Waals surface area contributed by atoms with E-state index in [9.17, 15) is 19.8 Å². The third-order valence-electron chi connectivity index (χ3n) is 13.2. The Hall–Kier alpha value is -1.20. The molecule has 0 saturated heterocycles. The van der Waals surface area contributed by atoms with Gasteiger partial charge in [-0.2, -0.15) is 0 Å². The summed E-state index contributed by atoms with van der Waals surface area (Å²) in [6.45, 7) is 13.7. The summed E-state index contributed by atoms with van der Waals surface area (Å²) in [6.07, 6.45) is 9.60. The zero-order chi connectivity index (χ0) is 26.5. The molecule has 0 heterocycles. The van der Waals surface area contributed by atoms with E-state index in [2.05, 4.69) is 40.7 Å². The molecule has 5 aliphatic rings. The van der Waals surface area contributed by atoms with E-state index in [0.717, 1.165) is 44.8 Å². The second-order valence-corrected chi connectivity index (χ2v) is 15.0. The quantitative estimate of drug-likeness (QED) is 0.298. The first-order valence-corrected chi connectivity index (χ1v) is 14.3. The van der Waals surface area contributed by atoms with E-state index in [1.807, 2.05) is 6.92 Å². The van der Waals surface area contributed by atoms with Crippen LogP contribution in [0.3, 0.4) is 0 Å². The van der Waals surface area contributed by atoms with E-state index in [-0.39, 0.29) is 39.5 Å². The molecule has 202 valence electrons. The van der Waals surface area contributed by atoms with Gasteiger partial charge in [0.05, 0.1) is 24.7 Å². The second kappa shape index (κ2) is 7.91. The molecule has 5 heteroatoms. The number of esters is 1. The maximum Gasteiger partial charge on any atom is 0.315 e. The van der Waals surface area contributed by atoms with Crippen LogP contribution in [-0.4, -0.2) is 41.8 Å². The summed E-state index contributed by atoms with van der Waals surface area (Å²) in [4.78, 5) is 25.8. The van der Waals surface area contributed by atoms with Gasteiger partial charge in [-0.05, 0) is 97.2 Å². The number of carbonyl (C=O) groups excluding carboxylic acids is 2. The fourth-order valence-corrected chi connectivity index (χ4v) is 10.8. The molecule has 5 aliphatic carbocycles. The number of carbonyl (C=O) groups is 2. The lowest BCUT2D eigenvalue weighted by molar-refractivity contribution is -0.218. The maximum atomic E-state index is 13.4. The highest BCUT2D eigenvalue weighted by Crippen LogP contribution is 2.75. The lowest BCUT2D eigenvalue weighted by atomic mass is 9.33. The fraction of sp³-hybridized carbons (Fsp3) is 0.871. The molecule has 0 aromatic rings. The number of fused-ring (bicyclic) bond motifs is 7. The molecule has 0 bridgehead atoms. The molecule has 0 aliphatic heterocycles. The molecule has 0 radical (unpaired) electrons. The van der Waals surface area contributed by atoms with Gasteiger partial charge in [-0.1, -0.05) is 53.2 Å². The lowest BCUT2D eigenvalue weighted by Gasteiger charge is -2.71. The number of methoxy groups -OCH3 is 1. The van der Waals surface area contributed by atoms with Gasteiger partial charge in [0.2, 0.25) is 0 Å². The number of ether oxygens (including phenoxy) is 1. The van der Waals surface area contributed by atoms with E-state index in [0.29, 0.717) is 25.2 Å². The van der Waals surface area contributed by atoms with Crippen LogP contribution in [0.5, 0.6) is 0 Å². The first kappa shape index (κ1) is 26.4. The summed E-state index contributed by atoms with van der Waals surface area (Å²) >= 11 is 0. The van der Waals surface area contributed by atoms with Gasteiger partial charge < -0.3 is 19.7 Å². The zero-order valence-electron chi connectivity index (χ0n) is 23.5. The standard InChI is InChI=1S/C31H48O5/c1-26(2)14-15-31(25(35)36-7)20(16-26)19-8-9-22-27(3)12-11-23(33)28(4,18-32)21(27)10-13-29(22,5)30(19,6)17-24(31)34/h8,18,20-24,33-34H,9-17H2,1-7H3/t20?,21-,22?,23+,24?,27?,28-,29?,30-,31-/m1/s1. The summed E-state index contributed by atoms with van der Waals surface area (Å²) in [7, 11) is 1.46. The third-order valence-corrected chi connectivity index (χ3v) is 13.2. The first-order chi connectivity index (χ1) is 16.7. The Morgan fingerprint density at radius 2 is 1.64 bits per heavy atom. The fourth-order valence-electron chi connectivity index (χ4n) is 10.8. The van der Waals surface area contributed by atoms with Gasteiger partial charge in [0.15, 0.2) is 0 Å². The monoisotopic (exact) mass is 500 g/mol. The molecule has 36 heavy (non-hydrogen) atoms. The average Bonchev–Trinajstić information content (AvgIpc) is 2.81. The Kier molecular flexibility index (Phi) is 5.80.